The van der Waals surface area contributed by atoms with E-state index >= 15 is 0 Å². The molecule has 0 aromatic heterocycles. The Labute approximate surface area is 215 Å². The second kappa shape index (κ2) is 12.4. The molecule has 0 aliphatic carbocycles. The van der Waals surface area contributed by atoms with Crippen LogP contribution in [0.1, 0.15) is 50.1 Å². The highest BCUT2D eigenvalue weighted by Gasteiger charge is 2.44. The van der Waals surface area contributed by atoms with Crippen LogP contribution in [-0.2, 0) is 14.3 Å². The molecular formula is C28H33F3N2O4. The molecule has 2 aliphatic rings. The number of carbonyl (C=O) groups is 2. The summed E-state index contributed by atoms with van der Waals surface area (Å²) in [6, 6.07) is 17.0. The van der Waals surface area contributed by atoms with Crippen LogP contribution in [0.2, 0.25) is 0 Å². The van der Waals surface area contributed by atoms with Crippen molar-refractivity contribution < 1.29 is 32.2 Å². The quantitative estimate of drug-likeness (QED) is 0.260. The van der Waals surface area contributed by atoms with Crippen molar-refractivity contribution in [1.29, 1.82) is 0 Å². The smallest absolute Gasteiger partial charge is 0.491 e. The summed E-state index contributed by atoms with van der Waals surface area (Å²) in [4.78, 5) is 28.1. The van der Waals surface area contributed by atoms with Gasteiger partial charge in [-0.1, -0.05) is 36.8 Å². The van der Waals surface area contributed by atoms with Gasteiger partial charge in [0.1, 0.15) is 5.75 Å². The second-order valence-electron chi connectivity index (χ2n) is 9.65. The number of esters is 2. The number of carbonyl (C=O) groups excluding carboxylic acids is 2. The van der Waals surface area contributed by atoms with Gasteiger partial charge >= 0.3 is 18.1 Å². The molecule has 0 bridgehead atoms. The van der Waals surface area contributed by atoms with Crippen LogP contribution in [0.3, 0.4) is 0 Å². The minimum Gasteiger partial charge on any atom is -0.494 e. The Bertz CT molecular complexity index is 1020. The molecule has 2 saturated heterocycles. The maximum Gasteiger partial charge on any atom is 0.491 e. The first-order chi connectivity index (χ1) is 17.8. The van der Waals surface area contributed by atoms with Crippen molar-refractivity contribution in [2.75, 3.05) is 37.7 Å². The van der Waals surface area contributed by atoms with Gasteiger partial charge < -0.3 is 19.3 Å². The van der Waals surface area contributed by atoms with Gasteiger partial charge in [0.05, 0.1) is 18.6 Å². The lowest BCUT2D eigenvalue weighted by atomic mass is 9.86. The van der Waals surface area contributed by atoms with Crippen LogP contribution in [0.5, 0.6) is 5.75 Å². The molecule has 2 atom stereocenters. The van der Waals surface area contributed by atoms with Crippen LogP contribution in [0.4, 0.5) is 18.9 Å². The van der Waals surface area contributed by atoms with Crippen molar-refractivity contribution in [2.24, 2.45) is 5.92 Å². The summed E-state index contributed by atoms with van der Waals surface area (Å²) in [6.07, 6.45) is 0.159. The van der Waals surface area contributed by atoms with Crippen molar-refractivity contribution in [1.82, 2.24) is 4.90 Å². The largest absolute Gasteiger partial charge is 0.494 e. The number of hydrogen-bond acceptors (Lipinski definition) is 6. The number of piperidine rings is 2. The Kier molecular flexibility index (Phi) is 9.08. The number of benzene rings is 2. The van der Waals surface area contributed by atoms with Gasteiger partial charge in [0.25, 0.3) is 0 Å². The molecule has 0 saturated carbocycles. The number of anilines is 1. The number of nitrogens with zero attached hydrogens (tertiary/aromatic N) is 2. The topological polar surface area (TPSA) is 59.1 Å². The van der Waals surface area contributed by atoms with E-state index in [4.69, 9.17) is 4.74 Å². The van der Waals surface area contributed by atoms with Gasteiger partial charge in [-0.05, 0) is 75.0 Å². The lowest BCUT2D eigenvalue weighted by molar-refractivity contribution is -0.203. The van der Waals surface area contributed by atoms with E-state index in [-0.39, 0.29) is 18.9 Å². The Morgan fingerprint density at radius 2 is 1.62 bits per heavy atom. The van der Waals surface area contributed by atoms with Crippen LogP contribution < -0.4 is 9.64 Å². The summed E-state index contributed by atoms with van der Waals surface area (Å²) in [6.45, 7) is 4.46. The number of likely N-dealkylation sites (tertiary alicyclic amines) is 1. The first-order valence-corrected chi connectivity index (χ1v) is 12.9. The number of hydrogen-bond donors (Lipinski definition) is 0. The first kappa shape index (κ1) is 27.0. The highest BCUT2D eigenvalue weighted by atomic mass is 19.4. The number of alkyl halides is 3. The molecule has 200 valence electrons. The van der Waals surface area contributed by atoms with Crippen LogP contribution in [-0.4, -0.2) is 55.8 Å². The van der Waals surface area contributed by atoms with E-state index in [1.54, 1.807) is 0 Å². The predicted octanol–water partition coefficient (Wildman–Crippen LogP) is 5.53. The summed E-state index contributed by atoms with van der Waals surface area (Å²) >= 11 is 0. The standard InChI is InChI=1S/C28H33F3N2O4/c29-28(30,31)27(35)37-26(34)22-14-18-33(25(20-22)21-8-3-1-4-9-21)23-10-12-24(13-11-23)36-19-7-17-32-15-5-2-6-16-32/h1,3-4,8-13,22,25H,2,5-7,14-20H2. The summed E-state index contributed by atoms with van der Waals surface area (Å²) in [5.74, 6) is -3.63. The molecule has 2 fully saturated rings. The Hall–Kier alpha value is -3.07. The SMILES string of the molecule is O=C(OC(=O)C(F)(F)F)C1CCN(c2ccc(OCCCN3CCCCC3)cc2)C(c2ccccc2)C1. The van der Waals surface area contributed by atoms with Gasteiger partial charge in [0.2, 0.25) is 0 Å². The third kappa shape index (κ3) is 7.47. The van der Waals surface area contributed by atoms with Gasteiger partial charge in [-0.3, -0.25) is 4.79 Å². The minimum atomic E-state index is -5.20. The van der Waals surface area contributed by atoms with Crippen molar-refractivity contribution in [3.05, 3.63) is 60.2 Å². The third-order valence-corrected chi connectivity index (χ3v) is 7.05. The molecule has 9 heteroatoms. The molecule has 0 N–H and O–H groups in total. The number of halogens is 3. The average Bonchev–Trinajstić information content (AvgIpc) is 2.91. The van der Waals surface area contributed by atoms with Crippen LogP contribution in [0.15, 0.2) is 54.6 Å². The van der Waals surface area contributed by atoms with Crippen LogP contribution in [0, 0.1) is 5.92 Å². The summed E-state index contributed by atoms with van der Waals surface area (Å²) in [5, 5.41) is 0. The molecule has 2 aromatic carbocycles. The molecular weight excluding hydrogens is 485 g/mol. The monoisotopic (exact) mass is 518 g/mol. The van der Waals surface area contributed by atoms with E-state index in [1.165, 1.54) is 32.4 Å². The highest BCUT2D eigenvalue weighted by Crippen LogP contribution is 2.38. The van der Waals surface area contributed by atoms with Crippen molar-refractivity contribution >= 4 is 17.6 Å². The highest BCUT2D eigenvalue weighted by molar-refractivity contribution is 5.89. The summed E-state index contributed by atoms with van der Waals surface area (Å²) < 4.78 is 47.8. The normalized spacial score (nSPS) is 20.9. The molecule has 2 aliphatic heterocycles. The lowest BCUT2D eigenvalue weighted by Crippen LogP contribution is -2.41. The number of ether oxygens (including phenoxy) is 2. The molecule has 2 unspecified atom stereocenters. The molecule has 6 nitrogen and oxygen atoms in total. The van der Waals surface area contributed by atoms with Gasteiger partial charge in [-0.15, -0.1) is 0 Å². The van der Waals surface area contributed by atoms with Crippen LogP contribution in [0.25, 0.3) is 0 Å². The molecule has 0 amide bonds. The lowest BCUT2D eigenvalue weighted by Gasteiger charge is -2.40. The zero-order valence-corrected chi connectivity index (χ0v) is 20.8. The Balaban J connectivity index is 1.37. The van der Waals surface area contributed by atoms with E-state index in [0.29, 0.717) is 13.2 Å². The van der Waals surface area contributed by atoms with E-state index < -0.39 is 24.0 Å². The Morgan fingerprint density at radius 1 is 0.919 bits per heavy atom. The van der Waals surface area contributed by atoms with Crippen LogP contribution >= 0.6 is 0 Å². The third-order valence-electron chi connectivity index (χ3n) is 7.05. The van der Waals surface area contributed by atoms with E-state index in [0.717, 1.165) is 30.0 Å². The molecule has 4 rings (SSSR count). The van der Waals surface area contributed by atoms with E-state index in [2.05, 4.69) is 14.5 Å². The van der Waals surface area contributed by atoms with E-state index in [1.807, 2.05) is 54.6 Å². The Morgan fingerprint density at radius 3 is 2.30 bits per heavy atom. The molecule has 2 aromatic rings. The molecule has 37 heavy (non-hydrogen) atoms. The number of rotatable bonds is 8. The zero-order chi connectivity index (χ0) is 26.3. The fourth-order valence-corrected chi connectivity index (χ4v) is 5.11. The predicted molar refractivity (Wildman–Crippen MR) is 133 cm³/mol. The van der Waals surface area contributed by atoms with Crippen molar-refractivity contribution in [3.63, 3.8) is 0 Å². The second-order valence-corrected chi connectivity index (χ2v) is 9.65. The summed E-state index contributed by atoms with van der Waals surface area (Å²) in [7, 11) is 0. The summed E-state index contributed by atoms with van der Waals surface area (Å²) in [5.41, 5.74) is 1.85. The van der Waals surface area contributed by atoms with E-state index in [9.17, 15) is 22.8 Å². The van der Waals surface area contributed by atoms with Gasteiger partial charge in [0.15, 0.2) is 0 Å². The molecule has 2 heterocycles. The van der Waals surface area contributed by atoms with Gasteiger partial charge in [-0.25, -0.2) is 4.79 Å². The van der Waals surface area contributed by atoms with Crippen molar-refractivity contribution in [3.8, 4) is 5.75 Å². The zero-order valence-electron chi connectivity index (χ0n) is 20.8. The molecule has 0 spiro atoms. The fraction of sp³-hybridized carbons (Fsp3) is 0.500. The van der Waals surface area contributed by atoms with Gasteiger partial charge in [-0.2, -0.15) is 13.2 Å². The van der Waals surface area contributed by atoms with Crippen molar-refractivity contribution in [2.45, 2.75) is 50.7 Å². The maximum atomic E-state index is 12.6. The minimum absolute atomic E-state index is 0.239. The first-order valence-electron chi connectivity index (χ1n) is 12.9. The average molecular weight is 519 g/mol. The molecule has 0 radical (unpaired) electrons. The van der Waals surface area contributed by atoms with Gasteiger partial charge in [0, 0.05) is 18.8 Å². The maximum absolute atomic E-state index is 12.6. The fourth-order valence-electron chi connectivity index (χ4n) is 5.11.